The smallest absolute Gasteiger partial charge is 0.350 e. The van der Waals surface area contributed by atoms with Crippen LogP contribution in [0.1, 0.15) is 27.0 Å². The number of thiophene rings is 1. The van der Waals surface area contributed by atoms with E-state index in [0.717, 1.165) is 10.4 Å². The number of halogens is 1. The molecule has 0 saturated heterocycles. The lowest BCUT2D eigenvalue weighted by Gasteiger charge is -2.06. The summed E-state index contributed by atoms with van der Waals surface area (Å²) in [5, 5.41) is 2.72. The van der Waals surface area contributed by atoms with E-state index in [9.17, 15) is 14.0 Å². The van der Waals surface area contributed by atoms with E-state index in [2.05, 4.69) is 5.32 Å². The standard InChI is InChI=1S/C20H16FNO3S/c1-2-25-20(24)18-16(12-17(26-18)13-6-4-3-5-7-13)22-19(23)14-8-10-15(21)11-9-14/h3-12H,2H2,1H3,(H,22,23). The number of benzene rings is 2. The van der Waals surface area contributed by atoms with Gasteiger partial charge in [0, 0.05) is 10.4 Å². The highest BCUT2D eigenvalue weighted by atomic mass is 32.1. The summed E-state index contributed by atoms with van der Waals surface area (Å²) >= 11 is 1.25. The average molecular weight is 369 g/mol. The van der Waals surface area contributed by atoms with Gasteiger partial charge in [0.2, 0.25) is 0 Å². The van der Waals surface area contributed by atoms with Crippen LogP contribution < -0.4 is 5.32 Å². The van der Waals surface area contributed by atoms with Crippen LogP contribution in [0, 0.1) is 5.82 Å². The molecule has 0 atom stereocenters. The van der Waals surface area contributed by atoms with E-state index in [1.807, 2.05) is 30.3 Å². The number of carbonyl (C=O) groups excluding carboxylic acids is 2. The molecule has 1 amide bonds. The summed E-state index contributed by atoms with van der Waals surface area (Å²) in [6, 6.07) is 16.5. The van der Waals surface area contributed by atoms with Crippen LogP contribution in [-0.2, 0) is 4.74 Å². The first-order chi connectivity index (χ1) is 12.6. The van der Waals surface area contributed by atoms with E-state index in [0.29, 0.717) is 16.1 Å². The molecule has 0 spiro atoms. The maximum absolute atomic E-state index is 13.0. The van der Waals surface area contributed by atoms with E-state index in [1.165, 1.54) is 35.6 Å². The molecule has 0 fully saturated rings. The monoisotopic (exact) mass is 369 g/mol. The van der Waals surface area contributed by atoms with E-state index in [4.69, 9.17) is 4.74 Å². The molecule has 0 aliphatic rings. The first-order valence-electron chi connectivity index (χ1n) is 8.01. The summed E-state index contributed by atoms with van der Waals surface area (Å²) in [6.07, 6.45) is 0. The molecule has 3 rings (SSSR count). The van der Waals surface area contributed by atoms with E-state index >= 15 is 0 Å². The van der Waals surface area contributed by atoms with Crippen LogP contribution >= 0.6 is 11.3 Å². The Morgan fingerprint density at radius 2 is 1.77 bits per heavy atom. The fourth-order valence-electron chi connectivity index (χ4n) is 2.37. The molecule has 132 valence electrons. The Balaban J connectivity index is 1.93. The number of hydrogen-bond acceptors (Lipinski definition) is 4. The van der Waals surface area contributed by atoms with Gasteiger partial charge in [-0.05, 0) is 42.8 Å². The van der Waals surface area contributed by atoms with E-state index < -0.39 is 17.7 Å². The van der Waals surface area contributed by atoms with Crippen molar-refractivity contribution in [3.05, 3.63) is 76.9 Å². The first-order valence-corrected chi connectivity index (χ1v) is 8.83. The predicted molar refractivity (Wildman–Crippen MR) is 100 cm³/mol. The highest BCUT2D eigenvalue weighted by Crippen LogP contribution is 2.35. The van der Waals surface area contributed by atoms with Crippen LogP contribution in [0.25, 0.3) is 10.4 Å². The van der Waals surface area contributed by atoms with Crippen molar-refractivity contribution in [3.8, 4) is 10.4 Å². The number of rotatable bonds is 5. The quantitative estimate of drug-likeness (QED) is 0.645. The molecule has 6 heteroatoms. The molecular weight excluding hydrogens is 353 g/mol. The number of hydrogen-bond donors (Lipinski definition) is 1. The van der Waals surface area contributed by atoms with Gasteiger partial charge < -0.3 is 10.1 Å². The molecule has 1 heterocycles. The third-order valence-electron chi connectivity index (χ3n) is 3.61. The van der Waals surface area contributed by atoms with Crippen molar-refractivity contribution < 1.29 is 18.7 Å². The Morgan fingerprint density at radius 3 is 2.42 bits per heavy atom. The summed E-state index contributed by atoms with van der Waals surface area (Å²) in [4.78, 5) is 25.8. The minimum absolute atomic E-state index is 0.239. The highest BCUT2D eigenvalue weighted by Gasteiger charge is 2.20. The van der Waals surface area contributed by atoms with Gasteiger partial charge in [0.05, 0.1) is 12.3 Å². The summed E-state index contributed by atoms with van der Waals surface area (Å²) in [6.45, 7) is 1.96. The van der Waals surface area contributed by atoms with Crippen LogP contribution in [0.5, 0.6) is 0 Å². The van der Waals surface area contributed by atoms with E-state index in [1.54, 1.807) is 13.0 Å². The second-order valence-electron chi connectivity index (χ2n) is 5.40. The Labute approximate surface area is 154 Å². The van der Waals surface area contributed by atoms with Crippen LogP contribution in [0.3, 0.4) is 0 Å². The maximum Gasteiger partial charge on any atom is 0.350 e. The van der Waals surface area contributed by atoms with Crippen molar-refractivity contribution in [2.45, 2.75) is 6.92 Å². The molecule has 0 saturated carbocycles. The molecule has 0 unspecified atom stereocenters. The summed E-state index contributed by atoms with van der Waals surface area (Å²) in [5.74, 6) is -1.34. The fraction of sp³-hybridized carbons (Fsp3) is 0.100. The van der Waals surface area contributed by atoms with Gasteiger partial charge in [-0.2, -0.15) is 0 Å². The third-order valence-corrected chi connectivity index (χ3v) is 4.77. The van der Waals surface area contributed by atoms with Gasteiger partial charge in [0.25, 0.3) is 5.91 Å². The number of carbonyl (C=O) groups is 2. The molecule has 1 aromatic heterocycles. The number of nitrogens with one attached hydrogen (secondary N) is 1. The van der Waals surface area contributed by atoms with Gasteiger partial charge in [0.1, 0.15) is 10.7 Å². The van der Waals surface area contributed by atoms with Gasteiger partial charge in [-0.1, -0.05) is 30.3 Å². The number of anilines is 1. The SMILES string of the molecule is CCOC(=O)c1sc(-c2ccccc2)cc1NC(=O)c1ccc(F)cc1. The molecule has 3 aromatic rings. The molecule has 0 aliphatic heterocycles. The molecule has 26 heavy (non-hydrogen) atoms. The third kappa shape index (κ3) is 3.97. The fourth-order valence-corrected chi connectivity index (χ4v) is 3.39. The zero-order valence-electron chi connectivity index (χ0n) is 14.0. The van der Waals surface area contributed by atoms with Gasteiger partial charge >= 0.3 is 5.97 Å². The Bertz CT molecular complexity index is 920. The average Bonchev–Trinajstić information content (AvgIpc) is 3.07. The predicted octanol–water partition coefficient (Wildman–Crippen LogP) is 4.98. The molecule has 1 N–H and O–H groups in total. The largest absolute Gasteiger partial charge is 0.462 e. The summed E-state index contributed by atoms with van der Waals surface area (Å²) < 4.78 is 18.1. The number of ether oxygens (including phenoxy) is 1. The summed E-state index contributed by atoms with van der Waals surface area (Å²) in [7, 11) is 0. The molecule has 0 bridgehead atoms. The van der Waals surface area contributed by atoms with Crippen LogP contribution in [-0.4, -0.2) is 18.5 Å². The number of amides is 1. The second kappa shape index (κ2) is 7.93. The molecule has 0 aliphatic carbocycles. The lowest BCUT2D eigenvalue weighted by atomic mass is 10.1. The molecule has 0 radical (unpaired) electrons. The number of esters is 1. The van der Waals surface area contributed by atoms with Crippen molar-refractivity contribution in [3.63, 3.8) is 0 Å². The highest BCUT2D eigenvalue weighted by molar-refractivity contribution is 7.18. The van der Waals surface area contributed by atoms with Gasteiger partial charge in [0.15, 0.2) is 0 Å². The van der Waals surface area contributed by atoms with Crippen LogP contribution in [0.15, 0.2) is 60.7 Å². The minimum atomic E-state index is -0.492. The topological polar surface area (TPSA) is 55.4 Å². The Hall–Kier alpha value is -2.99. The van der Waals surface area contributed by atoms with Crippen molar-refractivity contribution >= 4 is 28.9 Å². The molecular formula is C20H16FNO3S. The Kier molecular flexibility index (Phi) is 5.43. The van der Waals surface area contributed by atoms with Crippen LogP contribution in [0.4, 0.5) is 10.1 Å². The zero-order chi connectivity index (χ0) is 18.5. The van der Waals surface area contributed by atoms with Gasteiger partial charge in [-0.15, -0.1) is 11.3 Å². The van der Waals surface area contributed by atoms with Crippen molar-refractivity contribution in [2.75, 3.05) is 11.9 Å². The molecule has 4 nitrogen and oxygen atoms in total. The zero-order valence-corrected chi connectivity index (χ0v) is 14.8. The second-order valence-corrected chi connectivity index (χ2v) is 6.45. The minimum Gasteiger partial charge on any atom is -0.462 e. The first kappa shape index (κ1) is 17.8. The normalized spacial score (nSPS) is 10.4. The van der Waals surface area contributed by atoms with Crippen molar-refractivity contribution in [1.82, 2.24) is 0 Å². The lowest BCUT2D eigenvalue weighted by molar-refractivity contribution is 0.0533. The Morgan fingerprint density at radius 1 is 1.08 bits per heavy atom. The van der Waals surface area contributed by atoms with Gasteiger partial charge in [-0.3, -0.25) is 4.79 Å². The lowest BCUT2D eigenvalue weighted by Crippen LogP contribution is -2.14. The maximum atomic E-state index is 13.0. The summed E-state index contributed by atoms with van der Waals surface area (Å²) in [5.41, 5.74) is 1.61. The van der Waals surface area contributed by atoms with Crippen molar-refractivity contribution in [2.24, 2.45) is 0 Å². The van der Waals surface area contributed by atoms with Crippen LogP contribution in [0.2, 0.25) is 0 Å². The van der Waals surface area contributed by atoms with E-state index in [-0.39, 0.29) is 6.61 Å². The van der Waals surface area contributed by atoms with Crippen molar-refractivity contribution in [1.29, 1.82) is 0 Å². The molecule has 2 aromatic carbocycles. The van der Waals surface area contributed by atoms with Gasteiger partial charge in [-0.25, -0.2) is 9.18 Å².